The number of nitrogens with one attached hydrogen (secondary N) is 2. The number of carbonyl (C=O) groups excluding carboxylic acids is 1. The molecule has 0 atom stereocenters. The van der Waals surface area contributed by atoms with Crippen molar-refractivity contribution in [2.24, 2.45) is 0 Å². The molecule has 0 spiro atoms. The molecule has 0 saturated heterocycles. The molecule has 0 fully saturated rings. The van der Waals surface area contributed by atoms with E-state index in [4.69, 9.17) is 0 Å². The van der Waals surface area contributed by atoms with Crippen LogP contribution in [0.4, 0.5) is 10.1 Å². The van der Waals surface area contributed by atoms with Gasteiger partial charge in [-0.2, -0.15) is 0 Å². The molecule has 0 radical (unpaired) electrons. The third kappa shape index (κ3) is 3.98. The van der Waals surface area contributed by atoms with Crippen LogP contribution in [0.25, 0.3) is 0 Å². The Morgan fingerprint density at radius 3 is 2.25 bits per heavy atom. The first-order valence-corrected chi connectivity index (χ1v) is 7.66. The molecule has 0 unspecified atom stereocenters. The van der Waals surface area contributed by atoms with Crippen molar-refractivity contribution in [3.63, 3.8) is 0 Å². The van der Waals surface area contributed by atoms with Gasteiger partial charge in [0.25, 0.3) is 5.91 Å². The predicted molar refractivity (Wildman–Crippen MR) is 93.2 cm³/mol. The van der Waals surface area contributed by atoms with Gasteiger partial charge in [0.05, 0.1) is 5.69 Å². The largest absolute Gasteiger partial charge is 0.298 e. The Balaban J connectivity index is 1.71. The van der Waals surface area contributed by atoms with Gasteiger partial charge in [-0.05, 0) is 47.9 Å². The fourth-order valence-electron chi connectivity index (χ4n) is 2.44. The van der Waals surface area contributed by atoms with E-state index < -0.39 is 0 Å². The molecular weight excluding hydrogens is 303 g/mol. The van der Waals surface area contributed by atoms with E-state index in [1.54, 1.807) is 18.2 Å². The predicted octanol–water partition coefficient (Wildman–Crippen LogP) is 4.17. The molecule has 0 aliphatic rings. The zero-order valence-electron chi connectivity index (χ0n) is 13.0. The number of anilines is 1. The molecule has 1 amide bonds. The molecule has 120 valence electrons. The van der Waals surface area contributed by atoms with Crippen LogP contribution < -0.4 is 10.9 Å². The van der Waals surface area contributed by atoms with Crippen molar-refractivity contribution in [3.8, 4) is 0 Å². The van der Waals surface area contributed by atoms with Crippen molar-refractivity contribution in [3.05, 3.63) is 101 Å². The van der Waals surface area contributed by atoms with Crippen LogP contribution in [0.5, 0.6) is 0 Å². The summed E-state index contributed by atoms with van der Waals surface area (Å²) in [6, 6.07) is 23.3. The molecule has 0 bridgehead atoms. The van der Waals surface area contributed by atoms with E-state index in [9.17, 15) is 9.18 Å². The van der Waals surface area contributed by atoms with Crippen LogP contribution in [0.2, 0.25) is 0 Å². The second-order valence-electron chi connectivity index (χ2n) is 5.41. The van der Waals surface area contributed by atoms with Gasteiger partial charge >= 0.3 is 0 Å². The van der Waals surface area contributed by atoms with Gasteiger partial charge < -0.3 is 0 Å². The number of amides is 1. The average molecular weight is 320 g/mol. The third-order valence-corrected chi connectivity index (χ3v) is 3.66. The summed E-state index contributed by atoms with van der Waals surface area (Å²) in [6.07, 6.45) is 0.682. The molecule has 24 heavy (non-hydrogen) atoms. The van der Waals surface area contributed by atoms with Crippen molar-refractivity contribution in [2.75, 3.05) is 5.43 Å². The Bertz CT molecular complexity index is 817. The first kappa shape index (κ1) is 15.7. The summed E-state index contributed by atoms with van der Waals surface area (Å²) < 4.78 is 12.9. The highest BCUT2D eigenvalue weighted by Gasteiger charge is 2.11. The molecule has 3 aromatic rings. The van der Waals surface area contributed by atoms with Gasteiger partial charge in [-0.25, -0.2) is 4.39 Å². The van der Waals surface area contributed by atoms with Gasteiger partial charge in [0.15, 0.2) is 0 Å². The molecular formula is C20H17FN2O. The third-order valence-electron chi connectivity index (χ3n) is 3.66. The smallest absolute Gasteiger partial charge is 0.269 e. The van der Waals surface area contributed by atoms with Crippen LogP contribution in [-0.4, -0.2) is 5.91 Å². The monoisotopic (exact) mass is 320 g/mol. The summed E-state index contributed by atoms with van der Waals surface area (Å²) >= 11 is 0. The van der Waals surface area contributed by atoms with Crippen molar-refractivity contribution < 1.29 is 9.18 Å². The van der Waals surface area contributed by atoms with Crippen LogP contribution in [0, 0.1) is 5.82 Å². The van der Waals surface area contributed by atoms with Crippen molar-refractivity contribution >= 4 is 11.6 Å². The second-order valence-corrected chi connectivity index (χ2v) is 5.41. The number of benzene rings is 3. The van der Waals surface area contributed by atoms with E-state index in [1.165, 1.54) is 12.1 Å². The minimum Gasteiger partial charge on any atom is -0.298 e. The van der Waals surface area contributed by atoms with Gasteiger partial charge in [0, 0.05) is 5.56 Å². The highest BCUT2D eigenvalue weighted by molar-refractivity contribution is 5.96. The van der Waals surface area contributed by atoms with Gasteiger partial charge in [-0.15, -0.1) is 0 Å². The van der Waals surface area contributed by atoms with Gasteiger partial charge in [-0.3, -0.25) is 15.6 Å². The molecule has 0 aliphatic carbocycles. The van der Waals surface area contributed by atoms with Gasteiger partial charge in [0.2, 0.25) is 0 Å². The van der Waals surface area contributed by atoms with E-state index in [1.807, 2.05) is 48.5 Å². The highest BCUT2D eigenvalue weighted by atomic mass is 19.1. The molecule has 3 aromatic carbocycles. The Hall–Kier alpha value is -3.14. The lowest BCUT2D eigenvalue weighted by molar-refractivity contribution is 0.0962. The van der Waals surface area contributed by atoms with E-state index in [2.05, 4.69) is 10.9 Å². The summed E-state index contributed by atoms with van der Waals surface area (Å²) in [5, 5.41) is 0. The average Bonchev–Trinajstić information content (AvgIpc) is 2.62. The number of hydrazine groups is 1. The fraction of sp³-hybridized carbons (Fsp3) is 0.0500. The Morgan fingerprint density at radius 1 is 0.833 bits per heavy atom. The maximum absolute atomic E-state index is 12.9. The topological polar surface area (TPSA) is 41.1 Å². The lowest BCUT2D eigenvalue weighted by Crippen LogP contribution is -2.30. The fourth-order valence-corrected chi connectivity index (χ4v) is 2.44. The van der Waals surface area contributed by atoms with Gasteiger partial charge in [0.1, 0.15) is 5.82 Å². The zero-order valence-corrected chi connectivity index (χ0v) is 13.0. The molecule has 0 aromatic heterocycles. The molecule has 0 heterocycles. The van der Waals surface area contributed by atoms with Crippen LogP contribution in [-0.2, 0) is 6.42 Å². The normalized spacial score (nSPS) is 10.2. The zero-order chi connectivity index (χ0) is 16.8. The van der Waals surface area contributed by atoms with E-state index in [0.29, 0.717) is 17.7 Å². The van der Waals surface area contributed by atoms with Crippen LogP contribution in [0.3, 0.4) is 0 Å². The standard InChI is InChI=1S/C20H17FN2O/c21-17-10-12-18(13-11-17)22-23-20(24)19-9-5-4-8-16(19)14-15-6-2-1-3-7-15/h1-13,22H,14H2,(H,23,24). The first-order valence-electron chi connectivity index (χ1n) is 7.66. The highest BCUT2D eigenvalue weighted by Crippen LogP contribution is 2.15. The summed E-state index contributed by atoms with van der Waals surface area (Å²) in [4.78, 5) is 12.4. The van der Waals surface area contributed by atoms with Crippen LogP contribution >= 0.6 is 0 Å². The molecule has 3 rings (SSSR count). The molecule has 3 nitrogen and oxygen atoms in total. The summed E-state index contributed by atoms with van der Waals surface area (Å²) in [6.45, 7) is 0. The number of halogens is 1. The second kappa shape index (κ2) is 7.42. The Labute approximate surface area is 140 Å². The minimum absolute atomic E-state index is 0.231. The minimum atomic E-state index is -0.319. The first-order chi connectivity index (χ1) is 11.7. The molecule has 4 heteroatoms. The maximum Gasteiger partial charge on any atom is 0.269 e. The number of hydrogen-bond donors (Lipinski definition) is 2. The number of hydrogen-bond acceptors (Lipinski definition) is 2. The lowest BCUT2D eigenvalue weighted by Gasteiger charge is -2.12. The van der Waals surface area contributed by atoms with Crippen molar-refractivity contribution in [1.82, 2.24) is 5.43 Å². The maximum atomic E-state index is 12.9. The summed E-state index contributed by atoms with van der Waals surface area (Å²) in [5.41, 5.74) is 8.76. The SMILES string of the molecule is O=C(NNc1ccc(F)cc1)c1ccccc1Cc1ccccc1. The molecule has 2 N–H and O–H groups in total. The van der Waals surface area contributed by atoms with Crippen LogP contribution in [0.1, 0.15) is 21.5 Å². The molecule has 0 aliphatic heterocycles. The van der Waals surface area contributed by atoms with Crippen molar-refractivity contribution in [1.29, 1.82) is 0 Å². The summed E-state index contributed by atoms with van der Waals surface area (Å²) in [5.74, 6) is -0.550. The summed E-state index contributed by atoms with van der Waals surface area (Å²) in [7, 11) is 0. The number of carbonyl (C=O) groups is 1. The van der Waals surface area contributed by atoms with Crippen LogP contribution in [0.15, 0.2) is 78.9 Å². The Morgan fingerprint density at radius 2 is 1.50 bits per heavy atom. The quantitative estimate of drug-likeness (QED) is 0.693. The van der Waals surface area contributed by atoms with E-state index in [0.717, 1.165) is 11.1 Å². The van der Waals surface area contributed by atoms with Crippen molar-refractivity contribution in [2.45, 2.75) is 6.42 Å². The Kier molecular flexibility index (Phi) is 4.87. The van der Waals surface area contributed by atoms with E-state index in [-0.39, 0.29) is 11.7 Å². The van der Waals surface area contributed by atoms with E-state index >= 15 is 0 Å². The molecule has 0 saturated carbocycles. The lowest BCUT2D eigenvalue weighted by atomic mass is 9.99. The number of rotatable bonds is 5. The van der Waals surface area contributed by atoms with Gasteiger partial charge in [-0.1, -0.05) is 48.5 Å².